The molecule has 1 unspecified atom stereocenters. The molecule has 2 heterocycles. The number of anilines is 1. The number of nitrogens with one attached hydrogen (secondary N) is 1. The molecule has 1 aliphatic rings. The first-order chi connectivity index (χ1) is 10.6. The number of amides is 1. The van der Waals surface area contributed by atoms with Crippen molar-refractivity contribution in [1.29, 1.82) is 0 Å². The summed E-state index contributed by atoms with van der Waals surface area (Å²) in [6.45, 7) is 6.69. The molecule has 0 spiro atoms. The van der Waals surface area contributed by atoms with E-state index in [0.717, 1.165) is 19.5 Å². The third-order valence-corrected chi connectivity index (χ3v) is 4.34. The molecule has 2 rings (SSSR count). The lowest BCUT2D eigenvalue weighted by molar-refractivity contribution is -0.142. The number of aromatic nitrogens is 1. The van der Waals surface area contributed by atoms with Crippen LogP contribution >= 0.6 is 11.3 Å². The lowest BCUT2D eigenvalue weighted by atomic mass is 10.0. The molecule has 0 bridgehead atoms. The molecule has 1 amide bonds. The smallest absolute Gasteiger partial charge is 0.311 e. The Balaban J connectivity index is 1.79. The quantitative estimate of drug-likeness (QED) is 0.809. The van der Waals surface area contributed by atoms with Gasteiger partial charge in [0.05, 0.1) is 25.3 Å². The van der Waals surface area contributed by atoms with Crippen LogP contribution in [0.2, 0.25) is 0 Å². The number of likely N-dealkylation sites (tertiary alicyclic amines) is 1. The van der Waals surface area contributed by atoms with Crippen LogP contribution in [0.1, 0.15) is 32.4 Å². The highest BCUT2D eigenvalue weighted by atomic mass is 32.1. The fourth-order valence-electron chi connectivity index (χ4n) is 2.60. The maximum Gasteiger partial charge on any atom is 0.311 e. The second-order valence-electron chi connectivity index (χ2n) is 5.66. The lowest BCUT2D eigenvalue weighted by Gasteiger charge is -2.29. The van der Waals surface area contributed by atoms with Crippen molar-refractivity contribution in [2.75, 3.05) is 31.6 Å². The molecule has 0 radical (unpaired) electrons. The van der Waals surface area contributed by atoms with Gasteiger partial charge >= 0.3 is 5.97 Å². The zero-order valence-corrected chi connectivity index (χ0v) is 13.9. The fraction of sp³-hybridized carbons (Fsp3) is 0.667. The number of thiazole rings is 1. The third-order valence-electron chi connectivity index (χ3n) is 3.54. The van der Waals surface area contributed by atoms with Crippen molar-refractivity contribution in [2.45, 2.75) is 33.1 Å². The van der Waals surface area contributed by atoms with Gasteiger partial charge in [-0.1, -0.05) is 6.92 Å². The SMILES string of the molecule is CCOC(=O)Cc1csc(NC(=O)CN2CCCC(C)C2)n1. The van der Waals surface area contributed by atoms with Crippen LogP contribution in [0, 0.1) is 5.92 Å². The van der Waals surface area contributed by atoms with E-state index in [0.29, 0.717) is 29.9 Å². The third kappa shape index (κ3) is 5.38. The second kappa shape index (κ2) is 8.24. The standard InChI is InChI=1S/C15H23N3O3S/c1-3-21-14(20)7-12-10-22-15(16-12)17-13(19)9-18-6-4-5-11(2)8-18/h10-11H,3-9H2,1-2H3,(H,16,17,19). The lowest BCUT2D eigenvalue weighted by Crippen LogP contribution is -2.39. The van der Waals surface area contributed by atoms with Gasteiger partial charge in [-0.3, -0.25) is 14.5 Å². The van der Waals surface area contributed by atoms with E-state index < -0.39 is 0 Å². The summed E-state index contributed by atoms with van der Waals surface area (Å²) in [5, 5.41) is 5.11. The minimum Gasteiger partial charge on any atom is -0.466 e. The van der Waals surface area contributed by atoms with Gasteiger partial charge in [-0.2, -0.15) is 0 Å². The van der Waals surface area contributed by atoms with E-state index in [1.807, 2.05) is 0 Å². The summed E-state index contributed by atoms with van der Waals surface area (Å²) in [7, 11) is 0. The normalized spacial score (nSPS) is 18.9. The molecule has 0 aromatic carbocycles. The highest BCUT2D eigenvalue weighted by molar-refractivity contribution is 7.13. The van der Waals surface area contributed by atoms with Crippen LogP contribution in [0.15, 0.2) is 5.38 Å². The van der Waals surface area contributed by atoms with Gasteiger partial charge in [0.15, 0.2) is 5.13 Å². The van der Waals surface area contributed by atoms with Gasteiger partial charge in [0, 0.05) is 11.9 Å². The molecular formula is C15H23N3O3S. The zero-order valence-electron chi connectivity index (χ0n) is 13.1. The van der Waals surface area contributed by atoms with Crippen molar-refractivity contribution in [3.63, 3.8) is 0 Å². The van der Waals surface area contributed by atoms with E-state index in [9.17, 15) is 9.59 Å². The topological polar surface area (TPSA) is 71.5 Å². The van der Waals surface area contributed by atoms with Crippen molar-refractivity contribution in [2.24, 2.45) is 5.92 Å². The highest BCUT2D eigenvalue weighted by Crippen LogP contribution is 2.17. The van der Waals surface area contributed by atoms with E-state index >= 15 is 0 Å². The van der Waals surface area contributed by atoms with Gasteiger partial charge in [-0.25, -0.2) is 4.98 Å². The molecule has 1 aromatic heterocycles. The number of hydrogen-bond donors (Lipinski definition) is 1. The molecule has 0 saturated carbocycles. The maximum atomic E-state index is 12.0. The molecule has 1 N–H and O–H groups in total. The van der Waals surface area contributed by atoms with Gasteiger partial charge in [-0.05, 0) is 32.2 Å². The van der Waals surface area contributed by atoms with Gasteiger partial charge in [-0.15, -0.1) is 11.3 Å². The Morgan fingerprint density at radius 3 is 3.09 bits per heavy atom. The summed E-state index contributed by atoms with van der Waals surface area (Å²) >= 11 is 1.33. The van der Waals surface area contributed by atoms with Crippen LogP contribution in [0.4, 0.5) is 5.13 Å². The Kier molecular flexibility index (Phi) is 6.33. The molecule has 1 atom stereocenters. The number of hydrogen-bond acceptors (Lipinski definition) is 6. The molecular weight excluding hydrogens is 302 g/mol. The highest BCUT2D eigenvalue weighted by Gasteiger charge is 2.19. The minimum absolute atomic E-state index is 0.0499. The molecule has 1 aromatic rings. The van der Waals surface area contributed by atoms with Crippen molar-refractivity contribution < 1.29 is 14.3 Å². The second-order valence-corrected chi connectivity index (χ2v) is 6.51. The summed E-state index contributed by atoms with van der Waals surface area (Å²) in [5.74, 6) is 0.303. The van der Waals surface area contributed by atoms with E-state index in [1.54, 1.807) is 12.3 Å². The van der Waals surface area contributed by atoms with Crippen molar-refractivity contribution >= 4 is 28.3 Å². The molecule has 7 heteroatoms. The van der Waals surface area contributed by atoms with E-state index in [-0.39, 0.29) is 18.3 Å². The molecule has 1 saturated heterocycles. The first-order valence-corrected chi connectivity index (χ1v) is 8.57. The largest absolute Gasteiger partial charge is 0.466 e. The van der Waals surface area contributed by atoms with Gasteiger partial charge in [0.2, 0.25) is 5.91 Å². The molecule has 1 fully saturated rings. The summed E-state index contributed by atoms with van der Waals surface area (Å²) in [4.78, 5) is 29.9. The van der Waals surface area contributed by atoms with E-state index in [2.05, 4.69) is 22.1 Å². The minimum atomic E-state index is -0.298. The Morgan fingerprint density at radius 2 is 2.36 bits per heavy atom. The predicted octanol–water partition coefficient (Wildman–Crippen LogP) is 1.92. The Bertz CT molecular complexity index is 518. The first kappa shape index (κ1) is 16.9. The van der Waals surface area contributed by atoms with Crippen LogP contribution in [-0.2, 0) is 20.7 Å². The molecule has 6 nitrogen and oxygen atoms in total. The van der Waals surface area contributed by atoms with Gasteiger partial charge < -0.3 is 10.1 Å². The average molecular weight is 325 g/mol. The van der Waals surface area contributed by atoms with Crippen LogP contribution in [0.5, 0.6) is 0 Å². The maximum absolute atomic E-state index is 12.0. The molecule has 122 valence electrons. The molecule has 0 aliphatic carbocycles. The predicted molar refractivity (Wildman–Crippen MR) is 85.9 cm³/mol. The van der Waals surface area contributed by atoms with E-state index in [4.69, 9.17) is 4.74 Å². The summed E-state index contributed by atoms with van der Waals surface area (Å²) in [6, 6.07) is 0. The van der Waals surface area contributed by atoms with Crippen molar-refractivity contribution in [1.82, 2.24) is 9.88 Å². The Morgan fingerprint density at radius 1 is 1.55 bits per heavy atom. The number of carbonyl (C=O) groups is 2. The van der Waals surface area contributed by atoms with Gasteiger partial charge in [0.25, 0.3) is 0 Å². The summed E-state index contributed by atoms with van der Waals surface area (Å²) in [6.07, 6.45) is 2.53. The summed E-state index contributed by atoms with van der Waals surface area (Å²) in [5.41, 5.74) is 0.630. The average Bonchev–Trinajstić information content (AvgIpc) is 2.85. The monoisotopic (exact) mass is 325 g/mol. The summed E-state index contributed by atoms with van der Waals surface area (Å²) < 4.78 is 4.88. The number of rotatable bonds is 6. The number of esters is 1. The first-order valence-electron chi connectivity index (χ1n) is 7.69. The zero-order chi connectivity index (χ0) is 15.9. The Hall–Kier alpha value is -1.47. The van der Waals surface area contributed by atoms with Crippen LogP contribution in [0.25, 0.3) is 0 Å². The number of nitrogens with zero attached hydrogens (tertiary/aromatic N) is 2. The fourth-order valence-corrected chi connectivity index (χ4v) is 3.32. The van der Waals surface area contributed by atoms with Crippen LogP contribution < -0.4 is 5.32 Å². The van der Waals surface area contributed by atoms with Crippen molar-refractivity contribution in [3.05, 3.63) is 11.1 Å². The van der Waals surface area contributed by atoms with Gasteiger partial charge in [0.1, 0.15) is 0 Å². The van der Waals surface area contributed by atoms with Crippen molar-refractivity contribution in [3.8, 4) is 0 Å². The molecule has 1 aliphatic heterocycles. The Labute approximate surface area is 134 Å². The van der Waals surface area contributed by atoms with E-state index in [1.165, 1.54) is 17.8 Å². The van der Waals surface area contributed by atoms with Crippen LogP contribution in [0.3, 0.4) is 0 Å². The number of piperidine rings is 1. The number of ether oxygens (including phenoxy) is 1. The van der Waals surface area contributed by atoms with Crippen LogP contribution in [-0.4, -0.2) is 48.0 Å². The molecule has 22 heavy (non-hydrogen) atoms. The number of carbonyl (C=O) groups excluding carboxylic acids is 2.